The number of aromatic nitrogens is 1. The van der Waals surface area contributed by atoms with Gasteiger partial charge in [-0.25, -0.2) is 30.0 Å². The fourth-order valence-electron chi connectivity index (χ4n) is 3.10. The number of rotatable bonds is 9. The summed E-state index contributed by atoms with van der Waals surface area (Å²) in [6.45, 7) is 4.68. The molecule has 0 aliphatic heterocycles. The first-order valence-electron chi connectivity index (χ1n) is 9.59. The largest absolute Gasteiger partial charge is 0.336 e. The number of halogens is 1. The molecule has 0 saturated heterocycles. The molecule has 2 N–H and O–H groups in total. The van der Waals surface area contributed by atoms with Gasteiger partial charge >= 0.3 is 0 Å². The summed E-state index contributed by atoms with van der Waals surface area (Å²) in [6, 6.07) is 4.04. The summed E-state index contributed by atoms with van der Waals surface area (Å²) in [7, 11) is -12.7. The maximum Gasteiger partial charge on any atom is 0.272 e. The molecular weight excluding hydrogens is 562 g/mol. The van der Waals surface area contributed by atoms with Crippen LogP contribution in [0.2, 0.25) is 5.02 Å². The van der Waals surface area contributed by atoms with Gasteiger partial charge < -0.3 is 4.52 Å². The molecule has 2 heterocycles. The monoisotopic (exact) mass is 581 g/mol. The van der Waals surface area contributed by atoms with E-state index in [-0.39, 0.29) is 27.9 Å². The third-order valence-electron chi connectivity index (χ3n) is 4.56. The van der Waals surface area contributed by atoms with Gasteiger partial charge in [-0.2, -0.15) is 0 Å². The Labute approximate surface area is 211 Å². The number of Topliss-reactive ketones (excluding diaryl/α,β-unsaturated/α-hetero) is 1. The number of hydrogen-bond donors (Lipinski definition) is 2. The van der Waals surface area contributed by atoms with Crippen molar-refractivity contribution in [2.75, 3.05) is 21.5 Å². The van der Waals surface area contributed by atoms with E-state index in [9.17, 15) is 30.0 Å². The van der Waals surface area contributed by atoms with Crippen molar-refractivity contribution in [1.29, 1.82) is 0 Å². The van der Waals surface area contributed by atoms with Crippen LogP contribution in [-0.4, -0.2) is 48.2 Å². The Balaban J connectivity index is 2.04. The van der Waals surface area contributed by atoms with Crippen LogP contribution in [-0.2, 0) is 29.9 Å². The molecular formula is C19H20ClN3O8S4. The van der Waals surface area contributed by atoms with Crippen molar-refractivity contribution >= 4 is 70.2 Å². The third-order valence-corrected chi connectivity index (χ3v) is 10.3. The van der Waals surface area contributed by atoms with Crippen LogP contribution in [0.4, 0.5) is 11.6 Å². The highest BCUT2D eigenvalue weighted by atomic mass is 35.5. The lowest BCUT2D eigenvalue weighted by atomic mass is 10.0. The van der Waals surface area contributed by atoms with Gasteiger partial charge in [-0.1, -0.05) is 22.8 Å². The number of sulfonamides is 2. The minimum Gasteiger partial charge on any atom is -0.336 e. The molecule has 11 nitrogen and oxygen atoms in total. The fraction of sp³-hybridized carbons (Fsp3) is 0.263. The Morgan fingerprint density at radius 1 is 1.06 bits per heavy atom. The van der Waals surface area contributed by atoms with E-state index < -0.39 is 50.5 Å². The molecule has 190 valence electrons. The lowest BCUT2D eigenvalue weighted by Crippen LogP contribution is -2.22. The molecule has 0 amide bonds. The average molecular weight is 582 g/mol. The number of anilines is 2. The van der Waals surface area contributed by atoms with Crippen molar-refractivity contribution in [1.82, 2.24) is 5.16 Å². The summed E-state index contributed by atoms with van der Waals surface area (Å²) < 4.78 is 84.3. The normalized spacial score (nSPS) is 12.5. The molecule has 0 aliphatic rings. The second-order valence-electron chi connectivity index (χ2n) is 7.69. The number of benzene rings is 1. The molecule has 2 aromatic heterocycles. The number of carbonyl (C=O) groups is 1. The Bertz CT molecular complexity index is 1640. The number of sulfone groups is 1. The van der Waals surface area contributed by atoms with Crippen molar-refractivity contribution in [2.24, 2.45) is 0 Å². The Hall–Kier alpha value is -2.46. The van der Waals surface area contributed by atoms with E-state index in [2.05, 4.69) is 14.6 Å². The smallest absolute Gasteiger partial charge is 0.272 e. The van der Waals surface area contributed by atoms with Crippen LogP contribution >= 0.6 is 22.9 Å². The van der Waals surface area contributed by atoms with Gasteiger partial charge in [0.1, 0.15) is 21.4 Å². The van der Waals surface area contributed by atoms with Crippen LogP contribution in [0.25, 0.3) is 0 Å². The minimum absolute atomic E-state index is 0.0874. The summed E-state index contributed by atoms with van der Waals surface area (Å²) in [5.74, 6) is -2.02. The zero-order chi connectivity index (χ0) is 26.3. The number of aryl methyl sites for hydroxylation is 3. The first-order chi connectivity index (χ1) is 16.0. The Morgan fingerprint density at radius 2 is 1.71 bits per heavy atom. The van der Waals surface area contributed by atoms with E-state index in [0.717, 1.165) is 12.3 Å². The van der Waals surface area contributed by atoms with Gasteiger partial charge in [-0.15, -0.1) is 11.3 Å². The van der Waals surface area contributed by atoms with E-state index in [0.29, 0.717) is 22.5 Å². The first-order valence-corrected chi connectivity index (χ1v) is 15.9. The molecule has 0 atom stereocenters. The molecule has 3 rings (SSSR count). The summed E-state index contributed by atoms with van der Waals surface area (Å²) in [5.41, 5.74) is 0.867. The zero-order valence-electron chi connectivity index (χ0n) is 18.7. The van der Waals surface area contributed by atoms with E-state index in [1.54, 1.807) is 13.0 Å². The molecule has 1 aromatic carbocycles. The maximum absolute atomic E-state index is 13.3. The van der Waals surface area contributed by atoms with Crippen LogP contribution in [0.1, 0.15) is 27.2 Å². The van der Waals surface area contributed by atoms with Crippen LogP contribution in [0, 0.1) is 20.8 Å². The van der Waals surface area contributed by atoms with E-state index in [1.165, 1.54) is 25.3 Å². The standard InChI is InChI=1S/C19H20ClN3O8S4/c1-10-7-11(2)17(13(8-10)14(24)9-33(4,25)26)22-35(29,30)19-15(5-6-32-19)34(27,28)23-18-16(20)12(3)21-31-18/h5-8,22-23H,9H2,1-4H3. The van der Waals surface area contributed by atoms with Crippen molar-refractivity contribution in [3.8, 4) is 0 Å². The second kappa shape index (κ2) is 9.54. The quantitative estimate of drug-likeness (QED) is 0.360. The molecule has 0 radical (unpaired) electrons. The highest BCUT2D eigenvalue weighted by Gasteiger charge is 2.31. The molecule has 0 unspecified atom stereocenters. The van der Waals surface area contributed by atoms with E-state index >= 15 is 0 Å². The molecule has 0 fully saturated rings. The molecule has 3 aromatic rings. The first kappa shape index (κ1) is 27.1. The summed E-state index contributed by atoms with van der Waals surface area (Å²) in [4.78, 5) is 12.1. The SMILES string of the molecule is Cc1cc(C)c(NS(=O)(=O)c2sccc2S(=O)(=O)Nc2onc(C)c2Cl)c(C(=O)CS(C)(=O)=O)c1. The predicted octanol–water partition coefficient (Wildman–Crippen LogP) is 3.14. The van der Waals surface area contributed by atoms with Gasteiger partial charge in [0.25, 0.3) is 25.9 Å². The molecule has 16 heteroatoms. The fourth-order valence-corrected chi connectivity index (χ4v) is 8.35. The highest BCUT2D eigenvalue weighted by Crippen LogP contribution is 2.34. The van der Waals surface area contributed by atoms with Crippen LogP contribution in [0.3, 0.4) is 0 Å². The van der Waals surface area contributed by atoms with Gasteiger partial charge in [0.05, 0.1) is 5.69 Å². The Kier molecular flexibility index (Phi) is 7.39. The summed E-state index contributed by atoms with van der Waals surface area (Å²) >= 11 is 6.58. The number of hydrogen-bond acceptors (Lipinski definition) is 10. The second-order valence-corrected chi connectivity index (χ2v) is 14.7. The highest BCUT2D eigenvalue weighted by molar-refractivity contribution is 7.97. The number of ketones is 1. The van der Waals surface area contributed by atoms with Gasteiger partial charge in [0.2, 0.25) is 0 Å². The molecule has 35 heavy (non-hydrogen) atoms. The lowest BCUT2D eigenvalue weighted by Gasteiger charge is -2.16. The minimum atomic E-state index is -4.55. The molecule has 0 saturated carbocycles. The Morgan fingerprint density at radius 3 is 2.29 bits per heavy atom. The van der Waals surface area contributed by atoms with E-state index in [1.807, 2.05) is 0 Å². The number of nitrogens with one attached hydrogen (secondary N) is 2. The third kappa shape index (κ3) is 6.03. The lowest BCUT2D eigenvalue weighted by molar-refractivity contribution is 0.102. The summed E-state index contributed by atoms with van der Waals surface area (Å²) in [5, 5.41) is 4.71. The van der Waals surface area contributed by atoms with Crippen LogP contribution in [0.15, 0.2) is 37.2 Å². The van der Waals surface area contributed by atoms with Gasteiger partial charge in [-0.05, 0) is 49.4 Å². The average Bonchev–Trinajstić information content (AvgIpc) is 3.32. The van der Waals surface area contributed by atoms with Crippen LogP contribution in [0.5, 0.6) is 0 Å². The van der Waals surface area contributed by atoms with Crippen molar-refractivity contribution < 1.29 is 34.6 Å². The van der Waals surface area contributed by atoms with Gasteiger partial charge in [0.15, 0.2) is 19.8 Å². The molecule has 0 bridgehead atoms. The summed E-state index contributed by atoms with van der Waals surface area (Å²) in [6.07, 6.45) is 0.884. The van der Waals surface area contributed by atoms with E-state index in [4.69, 9.17) is 16.1 Å². The molecule has 0 aliphatic carbocycles. The van der Waals surface area contributed by atoms with Crippen molar-refractivity contribution in [2.45, 2.75) is 29.9 Å². The van der Waals surface area contributed by atoms with Gasteiger partial charge in [0, 0.05) is 11.8 Å². The molecule has 0 spiro atoms. The van der Waals surface area contributed by atoms with Crippen molar-refractivity contribution in [3.63, 3.8) is 0 Å². The number of nitrogens with zero attached hydrogens (tertiary/aromatic N) is 1. The predicted molar refractivity (Wildman–Crippen MR) is 132 cm³/mol. The van der Waals surface area contributed by atoms with Gasteiger partial charge in [-0.3, -0.25) is 9.52 Å². The number of carbonyl (C=O) groups excluding carboxylic acids is 1. The van der Waals surface area contributed by atoms with Crippen molar-refractivity contribution in [3.05, 3.63) is 51.0 Å². The zero-order valence-corrected chi connectivity index (χ0v) is 22.8. The topological polar surface area (TPSA) is 170 Å². The maximum atomic E-state index is 13.3. The van der Waals surface area contributed by atoms with Crippen LogP contribution < -0.4 is 9.44 Å². The number of thiophene rings is 1.